The maximum absolute atomic E-state index is 13.9. The van der Waals surface area contributed by atoms with Gasteiger partial charge in [0.1, 0.15) is 16.4 Å². The van der Waals surface area contributed by atoms with Gasteiger partial charge >= 0.3 is 0 Å². The van der Waals surface area contributed by atoms with Gasteiger partial charge < -0.3 is 9.42 Å². The molecule has 9 heteroatoms. The number of benzene rings is 1. The smallest absolute Gasteiger partial charge is 0.248 e. The van der Waals surface area contributed by atoms with E-state index >= 15 is 0 Å². The van der Waals surface area contributed by atoms with Gasteiger partial charge in [-0.25, -0.2) is 12.8 Å². The first-order valence-electron chi connectivity index (χ1n) is 9.27. The zero-order valence-electron chi connectivity index (χ0n) is 15.8. The molecule has 1 amide bonds. The largest absolute Gasteiger partial charge is 0.360 e. The van der Waals surface area contributed by atoms with E-state index in [1.54, 1.807) is 36.9 Å². The Balaban J connectivity index is 1.40. The van der Waals surface area contributed by atoms with Crippen molar-refractivity contribution < 1.29 is 22.1 Å². The fourth-order valence-electron chi connectivity index (χ4n) is 3.94. The van der Waals surface area contributed by atoms with Gasteiger partial charge in [-0.3, -0.25) is 4.79 Å². The average molecular weight is 407 g/mol. The molecule has 1 aliphatic carbocycles. The number of piperazine rings is 1. The Labute approximate surface area is 163 Å². The fraction of sp³-hybridized carbons (Fsp3) is 0.474. The van der Waals surface area contributed by atoms with Crippen LogP contribution in [0, 0.1) is 25.6 Å². The third kappa shape index (κ3) is 3.22. The van der Waals surface area contributed by atoms with E-state index in [1.165, 1.54) is 10.4 Å². The second-order valence-electron chi connectivity index (χ2n) is 7.35. The van der Waals surface area contributed by atoms with Crippen LogP contribution in [0.5, 0.6) is 0 Å². The van der Waals surface area contributed by atoms with Gasteiger partial charge in [0.25, 0.3) is 0 Å². The van der Waals surface area contributed by atoms with Crippen molar-refractivity contribution in [3.05, 3.63) is 47.1 Å². The Morgan fingerprint density at radius 3 is 2.46 bits per heavy atom. The first kappa shape index (κ1) is 19.1. The molecule has 0 unspecified atom stereocenters. The zero-order chi connectivity index (χ0) is 20.1. The van der Waals surface area contributed by atoms with Crippen LogP contribution in [0.15, 0.2) is 33.7 Å². The number of nitrogens with zero attached hydrogens (tertiary/aromatic N) is 3. The summed E-state index contributed by atoms with van der Waals surface area (Å²) in [6.45, 7) is 4.25. The number of sulfonamides is 1. The molecule has 2 aliphatic rings. The highest BCUT2D eigenvalue weighted by Gasteiger charge is 2.47. The number of rotatable bonds is 4. The van der Waals surface area contributed by atoms with E-state index < -0.39 is 10.0 Å². The molecule has 1 saturated carbocycles. The summed E-state index contributed by atoms with van der Waals surface area (Å²) < 4.78 is 46.0. The van der Waals surface area contributed by atoms with Gasteiger partial charge in [-0.05, 0) is 37.8 Å². The number of amides is 1. The molecular formula is C19H22FN3O4S. The number of carbonyl (C=O) groups is 1. The van der Waals surface area contributed by atoms with Crippen LogP contribution in [0.2, 0.25) is 0 Å². The summed E-state index contributed by atoms with van der Waals surface area (Å²) in [7, 11) is -3.70. The van der Waals surface area contributed by atoms with E-state index in [1.807, 2.05) is 0 Å². The molecule has 150 valence electrons. The SMILES string of the molecule is Cc1noc(C)c1S(=O)(=O)N1CCN(C(=O)[C@@H]2C[C@H]2c2ccccc2F)CC1. The van der Waals surface area contributed by atoms with E-state index in [-0.39, 0.29) is 47.3 Å². The lowest BCUT2D eigenvalue weighted by atomic mass is 10.1. The Hall–Kier alpha value is -2.26. The molecule has 1 aromatic heterocycles. The molecule has 28 heavy (non-hydrogen) atoms. The predicted octanol–water partition coefficient (Wildman–Crippen LogP) is 2.07. The lowest BCUT2D eigenvalue weighted by Gasteiger charge is -2.34. The van der Waals surface area contributed by atoms with Crippen LogP contribution >= 0.6 is 0 Å². The van der Waals surface area contributed by atoms with Crippen LogP contribution in [0.1, 0.15) is 29.4 Å². The van der Waals surface area contributed by atoms with E-state index in [0.717, 1.165) is 0 Å². The molecule has 1 saturated heterocycles. The van der Waals surface area contributed by atoms with Gasteiger partial charge in [0, 0.05) is 32.1 Å². The number of hydrogen-bond donors (Lipinski definition) is 0. The minimum atomic E-state index is -3.70. The zero-order valence-corrected chi connectivity index (χ0v) is 16.6. The van der Waals surface area contributed by atoms with Crippen LogP contribution < -0.4 is 0 Å². The fourth-order valence-corrected chi connectivity index (χ4v) is 5.66. The number of aryl methyl sites for hydroxylation is 2. The lowest BCUT2D eigenvalue weighted by Crippen LogP contribution is -2.51. The normalized spacial score (nSPS) is 23.0. The van der Waals surface area contributed by atoms with Gasteiger partial charge in [0.2, 0.25) is 15.9 Å². The highest BCUT2D eigenvalue weighted by atomic mass is 32.2. The molecule has 0 N–H and O–H groups in total. The minimum Gasteiger partial charge on any atom is -0.360 e. The third-order valence-corrected chi connectivity index (χ3v) is 7.67. The summed E-state index contributed by atoms with van der Waals surface area (Å²) in [5, 5.41) is 3.72. The van der Waals surface area contributed by atoms with Crippen LogP contribution in [0.4, 0.5) is 4.39 Å². The predicted molar refractivity (Wildman–Crippen MR) is 98.6 cm³/mol. The van der Waals surface area contributed by atoms with Gasteiger partial charge in [0.05, 0.1) is 0 Å². The molecule has 1 aliphatic heterocycles. The van der Waals surface area contributed by atoms with Crippen LogP contribution in [0.3, 0.4) is 0 Å². The summed E-state index contributed by atoms with van der Waals surface area (Å²) >= 11 is 0. The van der Waals surface area contributed by atoms with Gasteiger partial charge in [-0.15, -0.1) is 0 Å². The van der Waals surface area contributed by atoms with Crippen molar-refractivity contribution in [2.75, 3.05) is 26.2 Å². The monoisotopic (exact) mass is 407 g/mol. The van der Waals surface area contributed by atoms with E-state index in [2.05, 4.69) is 5.16 Å². The standard InChI is InChI=1S/C19H22FN3O4S/c1-12-18(13(2)27-21-12)28(25,26)23-9-7-22(8-10-23)19(24)16-11-15(16)14-5-3-4-6-17(14)20/h3-6,15-16H,7-11H2,1-2H3/t15-,16+/m0/s1. The maximum Gasteiger partial charge on any atom is 0.248 e. The maximum atomic E-state index is 13.9. The van der Waals surface area contributed by atoms with Crippen molar-refractivity contribution in [2.45, 2.75) is 31.1 Å². The van der Waals surface area contributed by atoms with E-state index in [4.69, 9.17) is 4.52 Å². The summed E-state index contributed by atoms with van der Waals surface area (Å²) in [5.74, 6) is -0.345. The van der Waals surface area contributed by atoms with Gasteiger partial charge in [0.15, 0.2) is 5.76 Å². The average Bonchev–Trinajstić information content (AvgIpc) is 3.39. The summed E-state index contributed by atoms with van der Waals surface area (Å²) in [5.41, 5.74) is 0.919. The molecule has 0 spiro atoms. The first-order valence-corrected chi connectivity index (χ1v) is 10.7. The van der Waals surface area contributed by atoms with Crippen molar-refractivity contribution >= 4 is 15.9 Å². The van der Waals surface area contributed by atoms with Crippen molar-refractivity contribution in [3.8, 4) is 0 Å². The second kappa shape index (κ2) is 6.97. The lowest BCUT2D eigenvalue weighted by molar-refractivity contribution is -0.133. The minimum absolute atomic E-state index is 0.0253. The first-order chi connectivity index (χ1) is 13.3. The Morgan fingerprint density at radius 1 is 1.18 bits per heavy atom. The van der Waals surface area contributed by atoms with Crippen molar-refractivity contribution in [1.29, 1.82) is 0 Å². The summed E-state index contributed by atoms with van der Waals surface area (Å²) in [6.07, 6.45) is 0.636. The highest BCUT2D eigenvalue weighted by molar-refractivity contribution is 7.89. The second-order valence-corrected chi connectivity index (χ2v) is 9.23. The number of carbonyl (C=O) groups excluding carboxylic acids is 1. The Morgan fingerprint density at radius 2 is 1.86 bits per heavy atom. The van der Waals surface area contributed by atoms with Crippen molar-refractivity contribution in [3.63, 3.8) is 0 Å². The number of hydrogen-bond acceptors (Lipinski definition) is 5. The van der Waals surface area contributed by atoms with Gasteiger partial charge in [-0.2, -0.15) is 4.31 Å². The molecule has 7 nitrogen and oxygen atoms in total. The third-order valence-electron chi connectivity index (χ3n) is 5.53. The van der Waals surface area contributed by atoms with E-state index in [9.17, 15) is 17.6 Å². The molecular weight excluding hydrogens is 385 g/mol. The number of aromatic nitrogens is 1. The van der Waals surface area contributed by atoms with Crippen LogP contribution in [0.25, 0.3) is 0 Å². The molecule has 1 aromatic carbocycles. The molecule has 2 aromatic rings. The quantitative estimate of drug-likeness (QED) is 0.775. The Kier molecular flexibility index (Phi) is 4.75. The molecule has 2 atom stereocenters. The number of halogens is 1. The highest BCUT2D eigenvalue weighted by Crippen LogP contribution is 2.49. The molecule has 2 fully saturated rings. The topological polar surface area (TPSA) is 83.7 Å². The van der Waals surface area contributed by atoms with Crippen molar-refractivity contribution in [1.82, 2.24) is 14.4 Å². The van der Waals surface area contributed by atoms with Crippen LogP contribution in [-0.4, -0.2) is 54.9 Å². The van der Waals surface area contributed by atoms with E-state index in [0.29, 0.717) is 30.8 Å². The molecule has 2 heterocycles. The Bertz CT molecular complexity index is 992. The van der Waals surface area contributed by atoms with Crippen molar-refractivity contribution in [2.24, 2.45) is 5.92 Å². The summed E-state index contributed by atoms with van der Waals surface area (Å²) in [4.78, 5) is 14.6. The molecule has 4 rings (SSSR count). The molecule has 0 radical (unpaired) electrons. The summed E-state index contributed by atoms with van der Waals surface area (Å²) in [6, 6.07) is 6.54. The van der Waals surface area contributed by atoms with Crippen LogP contribution in [-0.2, 0) is 14.8 Å². The molecule has 0 bridgehead atoms. The van der Waals surface area contributed by atoms with Gasteiger partial charge in [-0.1, -0.05) is 23.4 Å².